The van der Waals surface area contributed by atoms with Crippen molar-refractivity contribution in [2.24, 2.45) is 0 Å². The van der Waals surface area contributed by atoms with E-state index >= 15 is 0 Å². The van der Waals surface area contributed by atoms with Gasteiger partial charge in [-0.3, -0.25) is 13.9 Å². The lowest BCUT2D eigenvalue weighted by Gasteiger charge is -2.35. The van der Waals surface area contributed by atoms with E-state index in [4.69, 9.17) is 23.2 Å². The van der Waals surface area contributed by atoms with E-state index in [2.05, 4.69) is 27.9 Å². The monoisotopic (exact) mass is 715 g/mol. The molecule has 214 valence electrons. The number of carbonyl (C=O) groups excluding carboxylic acids is 2. The molecule has 0 aliphatic heterocycles. The van der Waals surface area contributed by atoms with Gasteiger partial charge in [-0.2, -0.15) is 0 Å². The number of hydrogen-bond donors (Lipinski definition) is 1. The molecule has 0 spiro atoms. The summed E-state index contributed by atoms with van der Waals surface area (Å²) in [7, 11) is -3.84. The zero-order valence-corrected chi connectivity index (χ0v) is 27.2. The van der Waals surface area contributed by atoms with Gasteiger partial charge in [0.05, 0.1) is 11.9 Å². The maximum atomic E-state index is 14.1. The Bertz CT molecular complexity index is 1450. The summed E-state index contributed by atoms with van der Waals surface area (Å²) >= 11 is 14.7. The van der Waals surface area contributed by atoms with E-state index in [1.54, 1.807) is 42.5 Å². The Hall–Kier alpha value is -2.34. The van der Waals surface area contributed by atoms with Crippen molar-refractivity contribution < 1.29 is 18.0 Å². The topological polar surface area (TPSA) is 86.8 Å². The first-order valence-electron chi connectivity index (χ1n) is 12.5. The fourth-order valence-corrected chi connectivity index (χ4v) is 5.74. The first kappa shape index (κ1) is 32.2. The molecule has 40 heavy (non-hydrogen) atoms. The molecule has 0 bridgehead atoms. The Labute approximate surface area is 260 Å². The molecule has 1 N–H and O–H groups in total. The van der Waals surface area contributed by atoms with Crippen molar-refractivity contribution in [3.63, 3.8) is 0 Å². The third-order valence-electron chi connectivity index (χ3n) is 5.92. The molecule has 0 saturated heterocycles. The quantitative estimate of drug-likeness (QED) is 0.264. The summed E-state index contributed by atoms with van der Waals surface area (Å²) in [6.07, 6.45) is 1.26. The Morgan fingerprint density at radius 3 is 2.15 bits per heavy atom. The molecule has 1 atom stereocenters. The molecule has 0 unspecified atom stereocenters. The van der Waals surface area contributed by atoms with Gasteiger partial charge in [-0.05, 0) is 90.9 Å². The molecule has 11 heteroatoms. The Kier molecular flexibility index (Phi) is 10.9. The minimum atomic E-state index is -3.84. The number of rotatable bonds is 10. The number of amides is 2. The third kappa shape index (κ3) is 9.36. The highest BCUT2D eigenvalue weighted by molar-refractivity contribution is 14.1. The Morgan fingerprint density at radius 2 is 1.60 bits per heavy atom. The summed E-state index contributed by atoms with van der Waals surface area (Å²) in [6, 6.07) is 20.1. The number of carbonyl (C=O) groups is 2. The van der Waals surface area contributed by atoms with Gasteiger partial charge in [0.2, 0.25) is 21.8 Å². The normalized spacial score (nSPS) is 12.5. The molecule has 0 aliphatic carbocycles. The van der Waals surface area contributed by atoms with Crippen molar-refractivity contribution in [3.8, 4) is 0 Å². The molecule has 0 saturated carbocycles. The molecule has 0 aliphatic rings. The average Bonchev–Trinajstić information content (AvgIpc) is 2.85. The largest absolute Gasteiger partial charge is 0.350 e. The summed E-state index contributed by atoms with van der Waals surface area (Å²) < 4.78 is 27.7. The van der Waals surface area contributed by atoms with Crippen LogP contribution < -0.4 is 9.62 Å². The lowest BCUT2D eigenvalue weighted by molar-refractivity contribution is -0.140. The number of benzene rings is 3. The number of nitrogens with one attached hydrogen (secondary N) is 1. The minimum absolute atomic E-state index is 0.0335. The van der Waals surface area contributed by atoms with Crippen molar-refractivity contribution in [1.82, 2.24) is 10.2 Å². The highest BCUT2D eigenvalue weighted by atomic mass is 127. The maximum absolute atomic E-state index is 14.1. The van der Waals surface area contributed by atoms with Gasteiger partial charge in [0.15, 0.2) is 0 Å². The summed E-state index contributed by atoms with van der Waals surface area (Å²) in [5, 5.41) is 3.75. The molecule has 0 aromatic heterocycles. The van der Waals surface area contributed by atoms with E-state index in [0.29, 0.717) is 21.3 Å². The van der Waals surface area contributed by atoms with Crippen LogP contribution in [0.2, 0.25) is 10.0 Å². The van der Waals surface area contributed by atoms with E-state index in [9.17, 15) is 18.0 Å². The van der Waals surface area contributed by atoms with Crippen LogP contribution in [0.25, 0.3) is 0 Å². The molecule has 3 rings (SSSR count). The van der Waals surface area contributed by atoms with Gasteiger partial charge in [0.25, 0.3) is 0 Å². The highest BCUT2D eigenvalue weighted by Gasteiger charge is 2.34. The molecule has 0 radical (unpaired) electrons. The molecule has 0 fully saturated rings. The lowest BCUT2D eigenvalue weighted by Crippen LogP contribution is -2.56. The number of halogens is 3. The fraction of sp³-hybridized carbons (Fsp3) is 0.310. The summed E-state index contributed by atoms with van der Waals surface area (Å²) in [5.74, 6) is -0.921. The summed E-state index contributed by atoms with van der Waals surface area (Å²) in [4.78, 5) is 29.2. The van der Waals surface area contributed by atoms with Crippen LogP contribution in [0.4, 0.5) is 5.69 Å². The number of anilines is 1. The van der Waals surface area contributed by atoms with E-state index in [1.165, 1.54) is 4.90 Å². The second kappa shape index (κ2) is 13.5. The predicted octanol–water partition coefficient (Wildman–Crippen LogP) is 5.92. The molecule has 0 heterocycles. The van der Waals surface area contributed by atoms with Crippen LogP contribution in [0.1, 0.15) is 31.9 Å². The van der Waals surface area contributed by atoms with Gasteiger partial charge in [-0.25, -0.2) is 8.42 Å². The van der Waals surface area contributed by atoms with Gasteiger partial charge >= 0.3 is 0 Å². The van der Waals surface area contributed by atoms with Crippen molar-refractivity contribution >= 4 is 73.3 Å². The third-order valence-corrected chi connectivity index (χ3v) is 8.37. The predicted molar refractivity (Wildman–Crippen MR) is 170 cm³/mol. The number of nitrogens with zero attached hydrogens (tertiary/aromatic N) is 2. The van der Waals surface area contributed by atoms with Crippen molar-refractivity contribution in [2.75, 3.05) is 17.1 Å². The lowest BCUT2D eigenvalue weighted by atomic mass is 10.0. The zero-order valence-electron chi connectivity index (χ0n) is 22.7. The van der Waals surface area contributed by atoms with Crippen molar-refractivity contribution in [2.45, 2.75) is 45.3 Å². The van der Waals surface area contributed by atoms with Crippen LogP contribution >= 0.6 is 45.8 Å². The van der Waals surface area contributed by atoms with Crippen LogP contribution in [0.5, 0.6) is 0 Å². The number of sulfonamides is 1. The molecule has 2 amide bonds. The highest BCUT2D eigenvalue weighted by Crippen LogP contribution is 2.26. The standard InChI is InChI=1S/C29H32Cl2IN3O4S/c1-29(2,3)33-28(37)26(16-20-8-6-5-7-9-20)34(18-21-10-11-22(30)17-25(21)31)27(36)19-35(40(4,38)39)24-14-12-23(32)13-15-24/h5-15,17,26H,16,18-19H2,1-4H3,(H,33,37)/t26-/m1/s1. The van der Waals surface area contributed by atoms with Crippen LogP contribution in [0.3, 0.4) is 0 Å². The Morgan fingerprint density at radius 1 is 0.975 bits per heavy atom. The summed E-state index contributed by atoms with van der Waals surface area (Å²) in [6.45, 7) is 5.03. The maximum Gasteiger partial charge on any atom is 0.244 e. The van der Waals surface area contributed by atoms with Crippen molar-refractivity contribution in [3.05, 3.63) is 97.5 Å². The van der Waals surface area contributed by atoms with Gasteiger partial charge in [-0.15, -0.1) is 0 Å². The van der Waals surface area contributed by atoms with Crippen LogP contribution in [-0.4, -0.2) is 49.5 Å². The average molecular weight is 716 g/mol. The smallest absolute Gasteiger partial charge is 0.244 e. The molecule has 3 aromatic rings. The van der Waals surface area contributed by atoms with Gasteiger partial charge in [0.1, 0.15) is 12.6 Å². The summed E-state index contributed by atoms with van der Waals surface area (Å²) in [5.41, 5.74) is 1.19. The molecular formula is C29H32Cl2IN3O4S. The Balaban J connectivity index is 2.09. The van der Waals surface area contributed by atoms with Crippen LogP contribution in [-0.2, 0) is 32.6 Å². The minimum Gasteiger partial charge on any atom is -0.350 e. The van der Waals surface area contributed by atoms with E-state index < -0.39 is 34.1 Å². The van der Waals surface area contributed by atoms with E-state index in [0.717, 1.165) is 19.7 Å². The zero-order chi connectivity index (χ0) is 29.7. The van der Waals surface area contributed by atoms with E-state index in [1.807, 2.05) is 51.1 Å². The van der Waals surface area contributed by atoms with Gasteiger partial charge in [-0.1, -0.05) is 59.6 Å². The first-order chi connectivity index (χ1) is 18.6. The van der Waals surface area contributed by atoms with Crippen molar-refractivity contribution in [1.29, 1.82) is 0 Å². The van der Waals surface area contributed by atoms with Gasteiger partial charge < -0.3 is 10.2 Å². The van der Waals surface area contributed by atoms with Crippen LogP contribution in [0.15, 0.2) is 72.8 Å². The van der Waals surface area contributed by atoms with E-state index in [-0.39, 0.29) is 18.9 Å². The molecule has 7 nitrogen and oxygen atoms in total. The van der Waals surface area contributed by atoms with Crippen LogP contribution in [0, 0.1) is 3.57 Å². The first-order valence-corrected chi connectivity index (χ1v) is 16.1. The second-order valence-electron chi connectivity index (χ2n) is 10.4. The molecule has 3 aromatic carbocycles. The SMILES string of the molecule is CC(C)(C)NC(=O)[C@@H](Cc1ccccc1)N(Cc1ccc(Cl)cc1Cl)C(=O)CN(c1ccc(I)cc1)S(C)(=O)=O. The fourth-order valence-electron chi connectivity index (χ4n) is 4.06. The number of hydrogen-bond acceptors (Lipinski definition) is 4. The second-order valence-corrected chi connectivity index (χ2v) is 14.4. The van der Waals surface area contributed by atoms with Gasteiger partial charge in [0, 0.05) is 32.1 Å². The molecular weight excluding hydrogens is 684 g/mol.